The first-order valence-corrected chi connectivity index (χ1v) is 10.9. The Hall–Kier alpha value is -3.53. The molecule has 0 amide bonds. The average Bonchev–Trinajstić information content (AvgIpc) is 2.89. The molecule has 0 aromatic carbocycles. The van der Waals surface area contributed by atoms with Crippen LogP contribution >= 0.6 is 0 Å². The summed E-state index contributed by atoms with van der Waals surface area (Å²) in [5.74, 6) is -1.61. The molecule has 35 heavy (non-hydrogen) atoms. The Kier molecular flexibility index (Phi) is 20.2. The van der Waals surface area contributed by atoms with E-state index in [1.54, 1.807) is 29.3 Å². The molecule has 1 heterocycles. The van der Waals surface area contributed by atoms with Crippen LogP contribution in [0.25, 0.3) is 0 Å². The van der Waals surface area contributed by atoms with Gasteiger partial charge in [-0.25, -0.2) is 14.4 Å². The monoisotopic (exact) mass is 496 g/mol. The molecule has 0 spiro atoms. The second kappa shape index (κ2) is 21.0. The van der Waals surface area contributed by atoms with Gasteiger partial charge < -0.3 is 33.5 Å². The topological polar surface area (TPSA) is 104 Å². The maximum absolute atomic E-state index is 11.5. The van der Waals surface area contributed by atoms with Gasteiger partial charge in [0, 0.05) is 27.2 Å². The number of esters is 3. The van der Waals surface area contributed by atoms with E-state index in [1.807, 2.05) is 34.1 Å². The molecule has 0 bridgehead atoms. The smallest absolute Gasteiger partial charge is 0.345 e. The van der Waals surface area contributed by atoms with Gasteiger partial charge in [0.2, 0.25) is 0 Å². The van der Waals surface area contributed by atoms with Crippen LogP contribution in [-0.4, -0.2) is 96.5 Å². The molecule has 1 fully saturated rings. The molecule has 0 N–H and O–H groups in total. The molecule has 0 radical (unpaired) electrons. The Balaban J connectivity index is 0. The zero-order chi connectivity index (χ0) is 27.2. The molecular weight excluding hydrogens is 456 g/mol. The second-order valence-corrected chi connectivity index (χ2v) is 6.56. The van der Waals surface area contributed by atoms with Crippen LogP contribution in [0, 0.1) is 0 Å². The summed E-state index contributed by atoms with van der Waals surface area (Å²) >= 11 is 0. The number of ether oxygens (including phenoxy) is 5. The highest BCUT2D eigenvalue weighted by Crippen LogP contribution is 2.10. The molecule has 10 nitrogen and oxygen atoms in total. The summed E-state index contributed by atoms with van der Waals surface area (Å²) in [4.78, 5) is 37.7. The lowest BCUT2D eigenvalue weighted by molar-refractivity contribution is -0.144. The van der Waals surface area contributed by atoms with Gasteiger partial charge >= 0.3 is 17.9 Å². The van der Waals surface area contributed by atoms with Crippen molar-refractivity contribution in [2.75, 3.05) is 68.8 Å². The fraction of sp³-hybridized carbons (Fsp3) is 0.480. The van der Waals surface area contributed by atoms with E-state index in [1.165, 1.54) is 34.5 Å². The van der Waals surface area contributed by atoms with Crippen molar-refractivity contribution in [1.82, 2.24) is 9.80 Å². The van der Waals surface area contributed by atoms with Gasteiger partial charge in [-0.05, 0) is 36.7 Å². The van der Waals surface area contributed by atoms with E-state index in [4.69, 9.17) is 9.47 Å². The normalized spacial score (nSPS) is 12.9. The largest absolute Gasteiger partial charge is 0.496 e. The minimum Gasteiger partial charge on any atom is -0.496 e. The highest BCUT2D eigenvalue weighted by molar-refractivity contribution is 6.14. The van der Waals surface area contributed by atoms with E-state index in [2.05, 4.69) is 25.7 Å². The van der Waals surface area contributed by atoms with Crippen molar-refractivity contribution >= 4 is 17.9 Å². The molecule has 0 saturated carbocycles. The molecule has 1 rings (SSSR count). The number of allylic oxidation sites excluding steroid dienone is 4. The third-order valence-corrected chi connectivity index (χ3v) is 4.02. The highest BCUT2D eigenvalue weighted by Gasteiger charge is 2.18. The zero-order valence-corrected chi connectivity index (χ0v) is 22.2. The first kappa shape index (κ1) is 33.6. The van der Waals surface area contributed by atoms with E-state index >= 15 is 0 Å². The molecule has 0 aromatic rings. The number of hydrogen-bond donors (Lipinski definition) is 0. The highest BCUT2D eigenvalue weighted by atomic mass is 16.5. The van der Waals surface area contributed by atoms with E-state index in [0.29, 0.717) is 5.57 Å². The average molecular weight is 497 g/mol. The summed E-state index contributed by atoms with van der Waals surface area (Å²) in [7, 11) is 8.83. The lowest BCUT2D eigenvalue weighted by atomic mass is 10.2. The fourth-order valence-electron chi connectivity index (χ4n) is 2.23. The van der Waals surface area contributed by atoms with Crippen LogP contribution < -0.4 is 0 Å². The molecule has 1 aliphatic heterocycles. The number of rotatable bonds is 9. The molecule has 1 saturated heterocycles. The van der Waals surface area contributed by atoms with Crippen LogP contribution in [0.1, 0.15) is 13.8 Å². The number of carbonyl (C=O) groups is 3. The Labute approximate surface area is 209 Å². The first-order chi connectivity index (χ1) is 16.7. The maximum atomic E-state index is 11.5. The van der Waals surface area contributed by atoms with Crippen LogP contribution in [-0.2, 0) is 38.1 Å². The van der Waals surface area contributed by atoms with Crippen molar-refractivity contribution < 1.29 is 38.1 Å². The van der Waals surface area contributed by atoms with E-state index in [9.17, 15) is 14.4 Å². The first-order valence-electron chi connectivity index (χ1n) is 10.9. The van der Waals surface area contributed by atoms with Crippen molar-refractivity contribution in [2.45, 2.75) is 13.8 Å². The summed E-state index contributed by atoms with van der Waals surface area (Å²) in [6, 6.07) is 0. The summed E-state index contributed by atoms with van der Waals surface area (Å²) < 4.78 is 23.7. The van der Waals surface area contributed by atoms with Gasteiger partial charge in [0.1, 0.15) is 16.9 Å². The quantitative estimate of drug-likeness (QED) is 0.0899. The molecule has 0 aliphatic carbocycles. The van der Waals surface area contributed by atoms with Crippen LogP contribution in [0.5, 0.6) is 0 Å². The molecule has 0 aromatic heterocycles. The number of morpholine rings is 1. The molecule has 198 valence electrons. The molecular formula is C25H40N2O8. The van der Waals surface area contributed by atoms with Crippen LogP contribution in [0.3, 0.4) is 0 Å². The van der Waals surface area contributed by atoms with Crippen molar-refractivity contribution in [3.8, 4) is 0 Å². The van der Waals surface area contributed by atoms with Crippen molar-refractivity contribution in [1.29, 1.82) is 0 Å². The zero-order valence-electron chi connectivity index (χ0n) is 22.2. The predicted octanol–water partition coefficient (Wildman–Crippen LogP) is 2.45. The lowest BCUT2D eigenvalue weighted by Crippen LogP contribution is -2.31. The lowest BCUT2D eigenvalue weighted by Gasteiger charge is -2.24. The van der Waals surface area contributed by atoms with Crippen LogP contribution in [0.15, 0.2) is 60.2 Å². The molecule has 0 atom stereocenters. The Morgan fingerprint density at radius 2 is 1.26 bits per heavy atom. The van der Waals surface area contributed by atoms with Gasteiger partial charge in [0.15, 0.2) is 0 Å². The SMILES string of the molecule is C=C(OC)/C(=C/C=C/N1CCOCC1)C(=O)OC.CC.COC(=O)C(=C/C=C/N(C)C)C(=O)OC. The van der Waals surface area contributed by atoms with Gasteiger partial charge in [-0.2, -0.15) is 0 Å². The minimum atomic E-state index is -0.717. The van der Waals surface area contributed by atoms with Gasteiger partial charge in [-0.1, -0.05) is 20.4 Å². The summed E-state index contributed by atoms with van der Waals surface area (Å²) in [5, 5.41) is 0. The summed E-state index contributed by atoms with van der Waals surface area (Å²) in [6.07, 6.45) is 9.91. The van der Waals surface area contributed by atoms with E-state index in [0.717, 1.165) is 26.3 Å². The van der Waals surface area contributed by atoms with Crippen molar-refractivity contribution in [2.24, 2.45) is 0 Å². The van der Waals surface area contributed by atoms with Crippen LogP contribution in [0.2, 0.25) is 0 Å². The Morgan fingerprint density at radius 3 is 1.69 bits per heavy atom. The predicted molar refractivity (Wildman–Crippen MR) is 134 cm³/mol. The number of hydrogen-bond acceptors (Lipinski definition) is 10. The molecule has 10 heteroatoms. The fourth-order valence-corrected chi connectivity index (χ4v) is 2.23. The van der Waals surface area contributed by atoms with Crippen LogP contribution in [0.4, 0.5) is 0 Å². The van der Waals surface area contributed by atoms with E-state index < -0.39 is 17.9 Å². The second-order valence-electron chi connectivity index (χ2n) is 6.56. The van der Waals surface area contributed by atoms with Crippen molar-refractivity contribution in [3.05, 3.63) is 60.2 Å². The third kappa shape index (κ3) is 15.1. The number of carbonyl (C=O) groups excluding carboxylic acids is 3. The van der Waals surface area contributed by atoms with Gasteiger partial charge in [0.25, 0.3) is 0 Å². The summed E-state index contributed by atoms with van der Waals surface area (Å²) in [5.41, 5.74) is 0.169. The Morgan fingerprint density at radius 1 is 0.800 bits per heavy atom. The van der Waals surface area contributed by atoms with Gasteiger partial charge in [-0.3, -0.25) is 0 Å². The standard InChI is InChI=1S/C13H19NO4.C10H15NO4.C2H6/c1-11(16-2)12(13(15)17-3)5-4-6-14-7-9-18-10-8-14;1-11(2)7-5-6-8(9(12)14-3)10(13)15-4;1-2/h4-6H,1,7-10H2,2-3H3;5-7H,1-4H3;1-2H3/b6-4+,12-5-;7-5+;. The maximum Gasteiger partial charge on any atom is 0.345 e. The summed E-state index contributed by atoms with van der Waals surface area (Å²) in [6.45, 7) is 10.8. The molecule has 1 aliphatic rings. The molecule has 0 unspecified atom stereocenters. The third-order valence-electron chi connectivity index (χ3n) is 4.02. The van der Waals surface area contributed by atoms with Crippen molar-refractivity contribution in [3.63, 3.8) is 0 Å². The Bertz CT molecular complexity index is 740. The van der Waals surface area contributed by atoms with Gasteiger partial charge in [0.05, 0.1) is 41.7 Å². The van der Waals surface area contributed by atoms with E-state index in [-0.39, 0.29) is 11.3 Å². The minimum absolute atomic E-state index is 0.141. The number of nitrogens with zero attached hydrogens (tertiary/aromatic N) is 2. The van der Waals surface area contributed by atoms with Gasteiger partial charge in [-0.15, -0.1) is 0 Å². The number of methoxy groups -OCH3 is 4.